The van der Waals surface area contributed by atoms with Gasteiger partial charge in [0, 0.05) is 41.9 Å². The van der Waals surface area contributed by atoms with Crippen molar-refractivity contribution in [3.63, 3.8) is 0 Å². The van der Waals surface area contributed by atoms with Crippen LogP contribution >= 0.6 is 23.4 Å². The van der Waals surface area contributed by atoms with Crippen molar-refractivity contribution in [1.29, 1.82) is 0 Å². The number of allylic oxidation sites excluding steroid dienone is 7. The first-order chi connectivity index (χ1) is 17.8. The molecule has 198 valence electrons. The Balaban J connectivity index is 1.59. The average Bonchev–Trinajstić information content (AvgIpc) is 3.35. The molecular weight excluding hydrogens is 502 g/mol. The third-order valence-electron chi connectivity index (χ3n) is 7.66. The minimum absolute atomic E-state index is 0.0160. The van der Waals surface area contributed by atoms with E-state index in [9.17, 15) is 9.59 Å². The maximum atomic E-state index is 14.0. The molecule has 0 saturated carbocycles. The van der Waals surface area contributed by atoms with Crippen LogP contribution in [0.2, 0.25) is 5.02 Å². The lowest BCUT2D eigenvalue weighted by Crippen LogP contribution is -2.38. The molecule has 1 aliphatic heterocycles. The van der Waals surface area contributed by atoms with Gasteiger partial charge < -0.3 is 9.64 Å². The highest BCUT2D eigenvalue weighted by Gasteiger charge is 2.41. The van der Waals surface area contributed by atoms with Crippen molar-refractivity contribution in [2.75, 3.05) is 26.3 Å². The van der Waals surface area contributed by atoms with E-state index in [-0.39, 0.29) is 17.5 Å². The Hall–Kier alpha value is -2.08. The summed E-state index contributed by atoms with van der Waals surface area (Å²) >= 11 is 7.72. The lowest BCUT2D eigenvalue weighted by molar-refractivity contribution is -0.127. The van der Waals surface area contributed by atoms with E-state index in [1.807, 2.05) is 25.1 Å². The molecule has 0 radical (unpaired) electrons. The normalized spacial score (nSPS) is 23.8. The Morgan fingerprint density at radius 1 is 1.16 bits per heavy atom. The number of carbonyl (C=O) groups excluding carboxylic acids is 2. The van der Waals surface area contributed by atoms with Crippen LogP contribution in [0.3, 0.4) is 0 Å². The smallest absolute Gasteiger partial charge is 0.154 e. The van der Waals surface area contributed by atoms with Crippen molar-refractivity contribution in [1.82, 2.24) is 4.90 Å². The molecule has 1 heterocycles. The summed E-state index contributed by atoms with van der Waals surface area (Å²) in [5.41, 5.74) is 2.02. The van der Waals surface area contributed by atoms with Gasteiger partial charge >= 0.3 is 0 Å². The number of hydrogen-bond acceptors (Lipinski definition) is 5. The average molecular weight is 540 g/mol. The van der Waals surface area contributed by atoms with Crippen LogP contribution in [0.1, 0.15) is 46.5 Å². The highest BCUT2D eigenvalue weighted by Crippen LogP contribution is 2.47. The van der Waals surface area contributed by atoms with Gasteiger partial charge in [-0.25, -0.2) is 0 Å². The number of hydrogen-bond donors (Lipinski definition) is 0. The predicted molar refractivity (Wildman–Crippen MR) is 153 cm³/mol. The fourth-order valence-corrected chi connectivity index (χ4v) is 6.75. The number of thioether (sulfide) groups is 1. The van der Waals surface area contributed by atoms with Gasteiger partial charge in [-0.3, -0.25) is 9.59 Å². The molecule has 1 saturated heterocycles. The molecule has 0 spiro atoms. The van der Waals surface area contributed by atoms with Gasteiger partial charge in [0.25, 0.3) is 0 Å². The Morgan fingerprint density at radius 2 is 1.92 bits per heavy atom. The molecule has 1 fully saturated rings. The molecule has 3 aliphatic rings. The van der Waals surface area contributed by atoms with Crippen LogP contribution in [-0.4, -0.2) is 48.0 Å². The van der Waals surface area contributed by atoms with Crippen molar-refractivity contribution in [2.24, 2.45) is 17.3 Å². The summed E-state index contributed by atoms with van der Waals surface area (Å²) < 4.78 is 5.51. The van der Waals surface area contributed by atoms with Gasteiger partial charge in [0.15, 0.2) is 11.6 Å². The third-order valence-corrected chi connectivity index (χ3v) is 9.47. The topological polar surface area (TPSA) is 46.6 Å². The SMILES string of the molecule is CCCC(=O)C(Sc1ccccc1Cl)C(=O)CC(C)(C1=CC(C)C=C1)C1C=CC(N2CCOCC2)=CC1. The van der Waals surface area contributed by atoms with E-state index in [1.54, 1.807) is 6.07 Å². The van der Waals surface area contributed by atoms with Gasteiger partial charge in [0.1, 0.15) is 5.25 Å². The highest BCUT2D eigenvalue weighted by molar-refractivity contribution is 8.01. The Morgan fingerprint density at radius 3 is 2.54 bits per heavy atom. The minimum atomic E-state index is -0.755. The summed E-state index contributed by atoms with van der Waals surface area (Å²) in [7, 11) is 0. The van der Waals surface area contributed by atoms with Crippen LogP contribution in [0.25, 0.3) is 0 Å². The van der Waals surface area contributed by atoms with Crippen LogP contribution in [0.4, 0.5) is 0 Å². The lowest BCUT2D eigenvalue weighted by Gasteiger charge is -2.39. The van der Waals surface area contributed by atoms with Crippen LogP contribution < -0.4 is 0 Å². The first-order valence-electron chi connectivity index (χ1n) is 13.4. The lowest BCUT2D eigenvalue weighted by atomic mass is 9.65. The van der Waals surface area contributed by atoms with E-state index in [0.717, 1.165) is 44.0 Å². The van der Waals surface area contributed by atoms with Crippen molar-refractivity contribution >= 4 is 34.9 Å². The number of ketones is 2. The maximum Gasteiger partial charge on any atom is 0.154 e. The monoisotopic (exact) mass is 539 g/mol. The molecule has 6 heteroatoms. The van der Waals surface area contributed by atoms with E-state index in [0.29, 0.717) is 23.8 Å². The van der Waals surface area contributed by atoms with Gasteiger partial charge in [0.2, 0.25) is 0 Å². The van der Waals surface area contributed by atoms with Crippen LogP contribution in [0.5, 0.6) is 0 Å². The maximum absolute atomic E-state index is 14.0. The molecule has 1 aromatic rings. The van der Waals surface area contributed by atoms with Gasteiger partial charge in [-0.1, -0.05) is 74.9 Å². The number of Topliss-reactive ketones (excluding diaryl/α,β-unsaturated/α-hetero) is 2. The summed E-state index contributed by atoms with van der Waals surface area (Å²) in [4.78, 5) is 30.3. The highest BCUT2D eigenvalue weighted by atomic mass is 35.5. The van der Waals surface area contributed by atoms with Gasteiger partial charge in [0.05, 0.1) is 18.2 Å². The van der Waals surface area contributed by atoms with E-state index in [2.05, 4.69) is 55.2 Å². The first kappa shape index (κ1) is 27.9. The molecule has 4 nitrogen and oxygen atoms in total. The van der Waals surface area contributed by atoms with Gasteiger partial charge in [-0.2, -0.15) is 0 Å². The largest absolute Gasteiger partial charge is 0.378 e. The summed E-state index contributed by atoms with van der Waals surface area (Å²) in [6.07, 6.45) is 15.7. The number of halogens is 1. The van der Waals surface area contributed by atoms with E-state index in [4.69, 9.17) is 16.3 Å². The molecule has 1 aromatic carbocycles. The molecule has 2 aliphatic carbocycles. The van der Waals surface area contributed by atoms with Crippen LogP contribution in [0, 0.1) is 17.3 Å². The van der Waals surface area contributed by atoms with E-state index in [1.165, 1.54) is 23.0 Å². The van der Waals surface area contributed by atoms with Crippen molar-refractivity contribution in [3.05, 3.63) is 77.0 Å². The molecule has 37 heavy (non-hydrogen) atoms. The van der Waals surface area contributed by atoms with Crippen LogP contribution in [0.15, 0.2) is 76.9 Å². The van der Waals surface area contributed by atoms with Gasteiger partial charge in [-0.15, -0.1) is 11.8 Å². The second-order valence-electron chi connectivity index (χ2n) is 10.5. The number of rotatable bonds is 11. The molecular formula is C31H38ClNO3S. The number of nitrogens with zero attached hydrogens (tertiary/aromatic N) is 1. The zero-order valence-electron chi connectivity index (χ0n) is 22.1. The second kappa shape index (κ2) is 12.6. The van der Waals surface area contributed by atoms with Crippen molar-refractivity contribution < 1.29 is 14.3 Å². The third kappa shape index (κ3) is 6.68. The van der Waals surface area contributed by atoms with Crippen LogP contribution in [-0.2, 0) is 14.3 Å². The molecule has 4 atom stereocenters. The molecule has 0 N–H and O–H groups in total. The molecule has 0 amide bonds. The van der Waals surface area contributed by atoms with E-state index >= 15 is 0 Å². The molecule has 4 rings (SSSR count). The fourth-order valence-electron chi connectivity index (χ4n) is 5.43. The van der Waals surface area contributed by atoms with Gasteiger partial charge in [-0.05, 0) is 48.5 Å². The standard InChI is InChI=1S/C31H38ClNO3S/c1-4-7-27(34)30(37-29-9-6-5-8-26(29)32)28(35)21-31(3,24-11-10-22(2)20-24)23-12-14-25(15-13-23)33-16-18-36-19-17-33/h5-6,8-12,14-15,20,22-23,30H,4,7,13,16-19,21H2,1-3H3. The predicted octanol–water partition coefficient (Wildman–Crippen LogP) is 7.06. The minimum Gasteiger partial charge on any atom is -0.378 e. The molecule has 0 aromatic heterocycles. The number of morpholine rings is 1. The molecule has 0 bridgehead atoms. The second-order valence-corrected chi connectivity index (χ2v) is 12.0. The Bertz CT molecular complexity index is 1120. The van der Waals surface area contributed by atoms with Crippen molar-refractivity contribution in [2.45, 2.75) is 56.6 Å². The Kier molecular flexibility index (Phi) is 9.55. The summed E-state index contributed by atoms with van der Waals surface area (Å²) in [5, 5.41) is -0.182. The Labute approximate surface area is 230 Å². The van der Waals surface area contributed by atoms with E-state index < -0.39 is 10.7 Å². The number of benzene rings is 1. The summed E-state index contributed by atoms with van der Waals surface area (Å²) in [6.45, 7) is 9.66. The quantitative estimate of drug-likeness (QED) is 0.222. The number of ether oxygens (including phenoxy) is 1. The summed E-state index contributed by atoms with van der Waals surface area (Å²) in [6, 6.07) is 7.45. The van der Waals surface area contributed by atoms with Crippen molar-refractivity contribution in [3.8, 4) is 0 Å². The number of carbonyl (C=O) groups is 2. The first-order valence-corrected chi connectivity index (χ1v) is 14.7. The zero-order valence-corrected chi connectivity index (χ0v) is 23.7. The fraction of sp³-hybridized carbons (Fsp3) is 0.484. The molecule has 4 unspecified atom stereocenters. The zero-order chi connectivity index (χ0) is 26.4. The summed E-state index contributed by atoms with van der Waals surface area (Å²) in [5.74, 6) is 0.468.